The van der Waals surface area contributed by atoms with Crippen LogP contribution in [0, 0.1) is 13.8 Å². The highest BCUT2D eigenvalue weighted by Crippen LogP contribution is 2.22. The first-order valence-corrected chi connectivity index (χ1v) is 9.39. The topological polar surface area (TPSA) is 98.2 Å². The van der Waals surface area contributed by atoms with Crippen LogP contribution >= 0.6 is 24.2 Å². The van der Waals surface area contributed by atoms with Crippen molar-refractivity contribution in [1.82, 2.24) is 24.9 Å². The number of hydrogen-bond acceptors (Lipinski definition) is 6. The van der Waals surface area contributed by atoms with Crippen molar-refractivity contribution in [2.45, 2.75) is 37.7 Å². The van der Waals surface area contributed by atoms with E-state index in [2.05, 4.69) is 20.4 Å². The average Bonchev–Trinajstić information content (AvgIpc) is 3.03. The van der Waals surface area contributed by atoms with Gasteiger partial charge in [-0.15, -0.1) is 17.5 Å². The highest BCUT2D eigenvalue weighted by molar-refractivity contribution is 7.98. The molecule has 2 aromatic heterocycles. The highest BCUT2D eigenvalue weighted by Gasteiger charge is 2.14. The third kappa shape index (κ3) is 4.97. The van der Waals surface area contributed by atoms with E-state index in [1.54, 1.807) is 4.52 Å². The summed E-state index contributed by atoms with van der Waals surface area (Å²) in [4.78, 5) is 21.3. The number of nitrogens with two attached hydrogens (primary N) is 1. The second-order valence-corrected chi connectivity index (χ2v) is 7.14. The summed E-state index contributed by atoms with van der Waals surface area (Å²) in [7, 11) is 0. The van der Waals surface area contributed by atoms with Gasteiger partial charge in [0.1, 0.15) is 0 Å². The molecule has 2 heterocycles. The minimum absolute atomic E-state index is 0. The lowest BCUT2D eigenvalue weighted by molar-refractivity contribution is 0.0940. The number of benzene rings is 1. The normalized spacial score (nSPS) is 11.9. The number of nitrogens with one attached hydrogen (secondary N) is 1. The summed E-state index contributed by atoms with van der Waals surface area (Å²) in [6.07, 6.45) is 0. The van der Waals surface area contributed by atoms with E-state index in [4.69, 9.17) is 5.73 Å². The summed E-state index contributed by atoms with van der Waals surface area (Å²) in [5, 5.41) is 8.03. The molecule has 3 rings (SSSR count). The van der Waals surface area contributed by atoms with Gasteiger partial charge in [-0.3, -0.25) is 4.79 Å². The zero-order valence-corrected chi connectivity index (χ0v) is 17.1. The molecule has 0 bridgehead atoms. The van der Waals surface area contributed by atoms with E-state index < -0.39 is 0 Å². The molecule has 0 aliphatic heterocycles. The number of amides is 1. The zero-order valence-electron chi connectivity index (χ0n) is 15.5. The van der Waals surface area contributed by atoms with E-state index in [1.807, 2.05) is 51.1 Å². The van der Waals surface area contributed by atoms with Gasteiger partial charge in [-0.25, -0.2) is 9.50 Å². The van der Waals surface area contributed by atoms with Crippen LogP contribution in [-0.2, 0) is 5.75 Å². The SMILES string of the molecule is Cc1cc(C)n2nc(SCc3ccccc3C(=O)N[C@@H](C)CN)nc2n1.Cl. The molecule has 144 valence electrons. The maximum absolute atomic E-state index is 12.4. The zero-order chi connectivity index (χ0) is 18.7. The fourth-order valence-electron chi connectivity index (χ4n) is 2.58. The smallest absolute Gasteiger partial charge is 0.253 e. The summed E-state index contributed by atoms with van der Waals surface area (Å²) >= 11 is 1.48. The molecule has 3 N–H and O–H groups in total. The highest BCUT2D eigenvalue weighted by atomic mass is 35.5. The van der Waals surface area contributed by atoms with Crippen LogP contribution in [0.15, 0.2) is 35.5 Å². The second kappa shape index (κ2) is 9.16. The number of hydrogen-bond donors (Lipinski definition) is 2. The number of thioether (sulfide) groups is 1. The lowest BCUT2D eigenvalue weighted by atomic mass is 10.1. The summed E-state index contributed by atoms with van der Waals surface area (Å²) in [6, 6.07) is 9.44. The van der Waals surface area contributed by atoms with Crippen molar-refractivity contribution < 1.29 is 4.79 Å². The minimum Gasteiger partial charge on any atom is -0.348 e. The van der Waals surface area contributed by atoms with Crippen molar-refractivity contribution in [2.75, 3.05) is 6.54 Å². The van der Waals surface area contributed by atoms with Crippen LogP contribution in [0.2, 0.25) is 0 Å². The van der Waals surface area contributed by atoms with Gasteiger partial charge >= 0.3 is 0 Å². The monoisotopic (exact) mass is 406 g/mol. The molecule has 0 radical (unpaired) electrons. The molecule has 3 aromatic rings. The van der Waals surface area contributed by atoms with Crippen LogP contribution in [0.4, 0.5) is 0 Å². The predicted octanol–water partition coefficient (Wildman–Crippen LogP) is 2.53. The number of carbonyl (C=O) groups excluding carboxylic acids is 1. The number of fused-ring (bicyclic) bond motifs is 1. The molecule has 9 heteroatoms. The van der Waals surface area contributed by atoms with Crippen LogP contribution in [0.25, 0.3) is 5.78 Å². The quantitative estimate of drug-likeness (QED) is 0.610. The standard InChI is InChI=1S/C18H22N6OS.ClH/c1-11-8-13(3)24-17(21-11)22-18(23-24)26-10-14-6-4-5-7-15(14)16(25)20-12(2)9-19;/h4-8,12H,9-10,19H2,1-3H3,(H,20,25);1H/t12-;/m0./s1. The van der Waals surface area contributed by atoms with E-state index in [0.29, 0.717) is 28.8 Å². The number of aromatic nitrogens is 4. The molecule has 0 aliphatic rings. The van der Waals surface area contributed by atoms with Gasteiger partial charge in [-0.1, -0.05) is 30.0 Å². The Bertz CT molecular complexity index is 945. The van der Waals surface area contributed by atoms with Crippen LogP contribution in [0.5, 0.6) is 0 Å². The Morgan fingerprint density at radius 1 is 1.30 bits per heavy atom. The molecule has 1 amide bonds. The molecule has 1 atom stereocenters. The number of rotatable bonds is 6. The third-order valence-corrected chi connectivity index (χ3v) is 4.84. The minimum atomic E-state index is -0.116. The Balaban J connectivity index is 0.00000261. The third-order valence-electron chi connectivity index (χ3n) is 3.95. The Morgan fingerprint density at radius 3 is 2.78 bits per heavy atom. The number of carbonyl (C=O) groups is 1. The van der Waals surface area contributed by atoms with Crippen LogP contribution in [0.1, 0.15) is 34.2 Å². The van der Waals surface area contributed by atoms with Gasteiger partial charge in [0.05, 0.1) is 0 Å². The molecular formula is C18H23ClN6OS. The Hall–Kier alpha value is -2.16. The predicted molar refractivity (Wildman–Crippen MR) is 109 cm³/mol. The van der Waals surface area contributed by atoms with Crippen LogP contribution in [0.3, 0.4) is 0 Å². The molecule has 1 aromatic carbocycles. The second-order valence-electron chi connectivity index (χ2n) is 6.20. The van der Waals surface area contributed by atoms with Crippen LogP contribution in [-0.4, -0.2) is 38.1 Å². The first-order valence-electron chi connectivity index (χ1n) is 8.40. The van der Waals surface area contributed by atoms with Crippen LogP contribution < -0.4 is 11.1 Å². The molecule has 0 unspecified atom stereocenters. The summed E-state index contributed by atoms with van der Waals surface area (Å²) in [5.41, 5.74) is 9.06. The summed E-state index contributed by atoms with van der Waals surface area (Å²) in [6.45, 7) is 6.20. The van der Waals surface area contributed by atoms with E-state index in [9.17, 15) is 4.79 Å². The van der Waals surface area contributed by atoms with Crippen molar-refractivity contribution in [3.63, 3.8) is 0 Å². The van der Waals surface area contributed by atoms with Crippen molar-refractivity contribution in [3.05, 3.63) is 52.8 Å². The fraction of sp³-hybridized carbons (Fsp3) is 0.333. The number of nitrogens with zero attached hydrogens (tertiary/aromatic N) is 4. The summed E-state index contributed by atoms with van der Waals surface area (Å²) in [5.74, 6) is 1.07. The van der Waals surface area contributed by atoms with Gasteiger partial charge < -0.3 is 11.1 Å². The van der Waals surface area contributed by atoms with Gasteiger partial charge in [0, 0.05) is 35.3 Å². The van der Waals surface area contributed by atoms with Crippen molar-refractivity contribution in [2.24, 2.45) is 5.73 Å². The largest absolute Gasteiger partial charge is 0.348 e. The molecular weight excluding hydrogens is 384 g/mol. The first-order chi connectivity index (χ1) is 12.5. The molecule has 0 spiro atoms. The van der Waals surface area contributed by atoms with E-state index in [0.717, 1.165) is 17.0 Å². The van der Waals surface area contributed by atoms with E-state index in [-0.39, 0.29) is 24.4 Å². The van der Waals surface area contributed by atoms with Crippen molar-refractivity contribution >= 4 is 35.9 Å². The van der Waals surface area contributed by atoms with E-state index >= 15 is 0 Å². The van der Waals surface area contributed by atoms with Gasteiger partial charge in [0.15, 0.2) is 0 Å². The fourth-order valence-corrected chi connectivity index (χ4v) is 3.40. The van der Waals surface area contributed by atoms with Gasteiger partial charge in [-0.05, 0) is 38.5 Å². The van der Waals surface area contributed by atoms with E-state index in [1.165, 1.54) is 11.8 Å². The van der Waals surface area contributed by atoms with Gasteiger partial charge in [0.25, 0.3) is 11.7 Å². The first kappa shape index (κ1) is 21.1. The number of aryl methyl sites for hydroxylation is 2. The number of halogens is 1. The molecule has 27 heavy (non-hydrogen) atoms. The molecule has 0 saturated carbocycles. The molecule has 7 nitrogen and oxygen atoms in total. The maximum atomic E-state index is 12.4. The van der Waals surface area contributed by atoms with Crippen molar-refractivity contribution in [1.29, 1.82) is 0 Å². The maximum Gasteiger partial charge on any atom is 0.253 e. The van der Waals surface area contributed by atoms with Gasteiger partial charge in [-0.2, -0.15) is 4.98 Å². The molecule has 0 aliphatic carbocycles. The lowest BCUT2D eigenvalue weighted by Crippen LogP contribution is -2.38. The Kier molecular flexibility index (Phi) is 7.18. The van der Waals surface area contributed by atoms with Gasteiger partial charge in [0.2, 0.25) is 5.16 Å². The molecule has 0 fully saturated rings. The Morgan fingerprint density at radius 2 is 2.04 bits per heavy atom. The average molecular weight is 407 g/mol. The Labute approximate surface area is 168 Å². The lowest BCUT2D eigenvalue weighted by Gasteiger charge is -2.13. The molecule has 0 saturated heterocycles. The van der Waals surface area contributed by atoms with Crippen molar-refractivity contribution in [3.8, 4) is 0 Å². The summed E-state index contributed by atoms with van der Waals surface area (Å²) < 4.78 is 1.73.